The van der Waals surface area contributed by atoms with E-state index < -0.39 is 0 Å². The molecule has 0 aliphatic carbocycles. The molecular weight excluding hydrogens is 170 g/mol. The third-order valence-electron chi connectivity index (χ3n) is 1.69. The van der Waals surface area contributed by atoms with Gasteiger partial charge in [0.1, 0.15) is 0 Å². The van der Waals surface area contributed by atoms with Crippen LogP contribution in [0, 0.1) is 0 Å². The summed E-state index contributed by atoms with van der Waals surface area (Å²) in [6.45, 7) is 0.822. The zero-order chi connectivity index (χ0) is 9.68. The van der Waals surface area contributed by atoms with Gasteiger partial charge in [-0.1, -0.05) is 0 Å². The Balaban J connectivity index is 2.42. The highest BCUT2D eigenvalue weighted by atomic mass is 16.3. The Bertz CT molecular complexity index is 256. The summed E-state index contributed by atoms with van der Waals surface area (Å²) in [4.78, 5) is 13.1. The van der Waals surface area contributed by atoms with Gasteiger partial charge < -0.3 is 9.52 Å². The lowest BCUT2D eigenvalue weighted by atomic mass is 10.3. The molecule has 72 valence electrons. The molecular formula is C9H13NO3. The van der Waals surface area contributed by atoms with Crippen LogP contribution in [0.2, 0.25) is 0 Å². The molecule has 0 aliphatic rings. The van der Waals surface area contributed by atoms with Gasteiger partial charge in [-0.3, -0.25) is 9.69 Å². The molecule has 1 N–H and O–H groups in total. The maximum Gasteiger partial charge on any atom is 0.211 e. The summed E-state index contributed by atoms with van der Waals surface area (Å²) in [5.74, 6) is 0.297. The molecule has 1 aromatic rings. The number of furan rings is 1. The Morgan fingerprint density at radius 3 is 3.00 bits per heavy atom. The fraction of sp³-hybridized carbons (Fsp3) is 0.444. The van der Waals surface area contributed by atoms with Gasteiger partial charge >= 0.3 is 0 Å². The zero-order valence-electron chi connectivity index (χ0n) is 7.56. The summed E-state index contributed by atoms with van der Waals surface area (Å²) in [6, 6.07) is 3.31. The van der Waals surface area contributed by atoms with Crippen LogP contribution in [-0.2, 0) is 0 Å². The van der Waals surface area contributed by atoms with Crippen LogP contribution in [0.15, 0.2) is 22.8 Å². The van der Waals surface area contributed by atoms with Gasteiger partial charge in [0.25, 0.3) is 0 Å². The highest BCUT2D eigenvalue weighted by Crippen LogP contribution is 2.01. The SMILES string of the molecule is CN(CCO)CC(=O)c1ccco1. The summed E-state index contributed by atoms with van der Waals surface area (Å²) >= 11 is 0. The van der Waals surface area contributed by atoms with Crippen LogP contribution in [0.4, 0.5) is 0 Å². The van der Waals surface area contributed by atoms with Gasteiger partial charge in [0, 0.05) is 6.54 Å². The Kier molecular flexibility index (Phi) is 3.67. The third-order valence-corrected chi connectivity index (χ3v) is 1.69. The molecule has 0 bridgehead atoms. The molecule has 0 saturated carbocycles. The number of hydrogen-bond acceptors (Lipinski definition) is 4. The number of rotatable bonds is 5. The second kappa shape index (κ2) is 4.79. The number of Topliss-reactive ketones (excluding diaryl/α,β-unsaturated/α-hetero) is 1. The summed E-state index contributed by atoms with van der Waals surface area (Å²) in [6.07, 6.45) is 1.47. The number of ketones is 1. The van der Waals surface area contributed by atoms with Crippen molar-refractivity contribution in [3.8, 4) is 0 Å². The fourth-order valence-corrected chi connectivity index (χ4v) is 1.01. The molecule has 4 nitrogen and oxygen atoms in total. The molecule has 1 heterocycles. The van der Waals surface area contributed by atoms with Gasteiger partial charge in [-0.15, -0.1) is 0 Å². The number of aliphatic hydroxyl groups excluding tert-OH is 1. The monoisotopic (exact) mass is 183 g/mol. The van der Waals surface area contributed by atoms with E-state index in [1.165, 1.54) is 6.26 Å². The maximum absolute atomic E-state index is 11.4. The van der Waals surface area contributed by atoms with Crippen molar-refractivity contribution in [3.05, 3.63) is 24.2 Å². The minimum absolute atomic E-state index is 0.0575. The number of nitrogens with zero attached hydrogens (tertiary/aromatic N) is 1. The minimum atomic E-state index is -0.0686. The van der Waals surface area contributed by atoms with Gasteiger partial charge in [0.05, 0.1) is 19.4 Å². The first-order valence-electron chi connectivity index (χ1n) is 4.10. The van der Waals surface area contributed by atoms with Crippen LogP contribution in [0.3, 0.4) is 0 Å². The molecule has 1 rings (SSSR count). The lowest BCUT2D eigenvalue weighted by Gasteiger charge is -2.12. The Hall–Kier alpha value is -1.13. The van der Waals surface area contributed by atoms with Gasteiger partial charge in [-0.05, 0) is 19.2 Å². The zero-order valence-corrected chi connectivity index (χ0v) is 7.56. The molecule has 0 saturated heterocycles. The standard InChI is InChI=1S/C9H13NO3/c1-10(4-5-11)7-8(12)9-3-2-6-13-9/h2-3,6,11H,4-5,7H2,1H3. The molecule has 13 heavy (non-hydrogen) atoms. The summed E-state index contributed by atoms with van der Waals surface area (Å²) in [7, 11) is 1.77. The largest absolute Gasteiger partial charge is 0.461 e. The molecule has 0 spiro atoms. The molecule has 0 atom stereocenters. The van der Waals surface area contributed by atoms with Gasteiger partial charge in [-0.2, -0.15) is 0 Å². The maximum atomic E-state index is 11.4. The molecule has 0 aromatic carbocycles. The molecule has 4 heteroatoms. The average molecular weight is 183 g/mol. The normalized spacial score (nSPS) is 10.7. The second-order valence-corrected chi connectivity index (χ2v) is 2.86. The minimum Gasteiger partial charge on any atom is -0.461 e. The molecule has 0 fully saturated rings. The first-order valence-corrected chi connectivity index (χ1v) is 4.10. The summed E-state index contributed by atoms with van der Waals surface area (Å²) in [5.41, 5.74) is 0. The lowest BCUT2D eigenvalue weighted by Crippen LogP contribution is -2.28. The van der Waals surface area contributed by atoms with Gasteiger partial charge in [0.2, 0.25) is 5.78 Å². The molecule has 0 unspecified atom stereocenters. The van der Waals surface area contributed by atoms with E-state index >= 15 is 0 Å². The van der Waals surface area contributed by atoms with Crippen molar-refractivity contribution in [2.75, 3.05) is 26.7 Å². The second-order valence-electron chi connectivity index (χ2n) is 2.86. The average Bonchev–Trinajstić information content (AvgIpc) is 2.55. The number of hydrogen-bond donors (Lipinski definition) is 1. The van der Waals surface area contributed by atoms with E-state index in [4.69, 9.17) is 9.52 Å². The van der Waals surface area contributed by atoms with E-state index in [2.05, 4.69) is 0 Å². The smallest absolute Gasteiger partial charge is 0.211 e. The number of aliphatic hydroxyl groups is 1. The summed E-state index contributed by atoms with van der Waals surface area (Å²) in [5, 5.41) is 8.60. The van der Waals surface area contributed by atoms with E-state index in [0.717, 1.165) is 0 Å². The van der Waals surface area contributed by atoms with Gasteiger partial charge in [-0.25, -0.2) is 0 Å². The first kappa shape index (κ1) is 9.95. The number of carbonyl (C=O) groups excluding carboxylic acids is 1. The van der Waals surface area contributed by atoms with Crippen molar-refractivity contribution in [1.82, 2.24) is 4.90 Å². The quantitative estimate of drug-likeness (QED) is 0.671. The van der Waals surface area contributed by atoms with Crippen molar-refractivity contribution in [1.29, 1.82) is 0 Å². The van der Waals surface area contributed by atoms with E-state index in [9.17, 15) is 4.79 Å². The van der Waals surface area contributed by atoms with Crippen molar-refractivity contribution in [2.24, 2.45) is 0 Å². The molecule has 0 amide bonds. The predicted octanol–water partition coefficient (Wildman–Crippen LogP) is 0.386. The third kappa shape index (κ3) is 3.01. The molecule has 1 aromatic heterocycles. The van der Waals surface area contributed by atoms with E-state index in [1.54, 1.807) is 24.1 Å². The van der Waals surface area contributed by atoms with Crippen LogP contribution >= 0.6 is 0 Å². The van der Waals surface area contributed by atoms with E-state index in [1.807, 2.05) is 0 Å². The highest BCUT2D eigenvalue weighted by Gasteiger charge is 2.10. The first-order chi connectivity index (χ1) is 6.24. The van der Waals surface area contributed by atoms with Crippen molar-refractivity contribution >= 4 is 5.78 Å². The Morgan fingerprint density at radius 1 is 1.69 bits per heavy atom. The van der Waals surface area contributed by atoms with Crippen LogP contribution in [-0.4, -0.2) is 42.5 Å². The van der Waals surface area contributed by atoms with Crippen LogP contribution in [0.25, 0.3) is 0 Å². The van der Waals surface area contributed by atoms with Crippen LogP contribution < -0.4 is 0 Å². The van der Waals surface area contributed by atoms with E-state index in [-0.39, 0.29) is 18.9 Å². The lowest BCUT2D eigenvalue weighted by molar-refractivity contribution is 0.0908. The Morgan fingerprint density at radius 2 is 2.46 bits per heavy atom. The van der Waals surface area contributed by atoms with Gasteiger partial charge in [0.15, 0.2) is 5.76 Å². The molecule has 0 aliphatic heterocycles. The van der Waals surface area contributed by atoms with E-state index in [0.29, 0.717) is 12.3 Å². The number of likely N-dealkylation sites (N-methyl/N-ethyl adjacent to an activating group) is 1. The van der Waals surface area contributed by atoms with Crippen molar-refractivity contribution < 1.29 is 14.3 Å². The number of carbonyl (C=O) groups is 1. The van der Waals surface area contributed by atoms with Crippen LogP contribution in [0.5, 0.6) is 0 Å². The van der Waals surface area contributed by atoms with Crippen LogP contribution in [0.1, 0.15) is 10.6 Å². The van der Waals surface area contributed by atoms with Crippen molar-refractivity contribution in [3.63, 3.8) is 0 Å². The van der Waals surface area contributed by atoms with Crippen molar-refractivity contribution in [2.45, 2.75) is 0 Å². The molecule has 0 radical (unpaired) electrons. The highest BCUT2D eigenvalue weighted by molar-refractivity contribution is 5.94. The fourth-order valence-electron chi connectivity index (χ4n) is 1.01. The Labute approximate surface area is 76.8 Å². The predicted molar refractivity (Wildman–Crippen MR) is 47.6 cm³/mol. The summed E-state index contributed by atoms with van der Waals surface area (Å²) < 4.78 is 4.94. The topological polar surface area (TPSA) is 53.7 Å².